The van der Waals surface area contributed by atoms with Crippen molar-refractivity contribution in [1.82, 2.24) is 5.32 Å². The Balaban J connectivity index is 2.26. The Labute approximate surface area is 102 Å². The van der Waals surface area contributed by atoms with Gasteiger partial charge in [-0.3, -0.25) is 4.79 Å². The minimum absolute atomic E-state index is 0.0299. The van der Waals surface area contributed by atoms with Crippen LogP contribution in [0.3, 0.4) is 0 Å². The number of carbonyl (C=O) groups is 1. The van der Waals surface area contributed by atoms with E-state index in [-0.39, 0.29) is 13.0 Å². The molecule has 1 amide bonds. The molecular weight excluding hydrogens is 249 g/mol. The number of amides is 1. The molecule has 18 heavy (non-hydrogen) atoms. The number of hydrogen-bond donors (Lipinski definition) is 2. The van der Waals surface area contributed by atoms with Gasteiger partial charge in [-0.1, -0.05) is 12.1 Å². The molecule has 0 radical (unpaired) electrons. The van der Waals surface area contributed by atoms with Crippen molar-refractivity contribution in [1.29, 1.82) is 0 Å². The number of rotatable bonds is 5. The Hall–Kier alpha value is -1.92. The number of alkyl halides is 3. The largest absolute Gasteiger partial charge is 0.491 e. The molecule has 100 valence electrons. The predicted molar refractivity (Wildman–Crippen MR) is 60.0 cm³/mol. The van der Waals surface area contributed by atoms with Gasteiger partial charge in [0.25, 0.3) is 0 Å². The molecule has 4 nitrogen and oxygen atoms in total. The quantitative estimate of drug-likeness (QED) is 0.794. The third-order valence-corrected chi connectivity index (χ3v) is 1.99. The maximum absolute atomic E-state index is 11.8. The highest BCUT2D eigenvalue weighted by atomic mass is 19.4. The van der Waals surface area contributed by atoms with Crippen LogP contribution < -0.4 is 15.8 Å². The van der Waals surface area contributed by atoms with Crippen molar-refractivity contribution in [3.63, 3.8) is 0 Å². The van der Waals surface area contributed by atoms with Gasteiger partial charge in [0.15, 0.2) is 0 Å². The third-order valence-electron chi connectivity index (χ3n) is 1.99. The number of hydrogen-bond acceptors (Lipinski definition) is 3. The highest BCUT2D eigenvalue weighted by molar-refractivity contribution is 5.76. The Morgan fingerprint density at radius 1 is 1.33 bits per heavy atom. The molecule has 0 saturated heterocycles. The zero-order valence-corrected chi connectivity index (χ0v) is 9.46. The van der Waals surface area contributed by atoms with Crippen LogP contribution in [0.15, 0.2) is 24.3 Å². The molecule has 0 aliphatic heterocycles. The summed E-state index contributed by atoms with van der Waals surface area (Å²) in [5.41, 5.74) is 5.99. The summed E-state index contributed by atoms with van der Waals surface area (Å²) >= 11 is 0. The first kappa shape index (κ1) is 14.1. The molecule has 0 aromatic heterocycles. The fourth-order valence-electron chi connectivity index (χ4n) is 1.15. The van der Waals surface area contributed by atoms with Crippen LogP contribution in [-0.2, 0) is 4.79 Å². The van der Waals surface area contributed by atoms with Crippen LogP contribution >= 0.6 is 0 Å². The summed E-state index contributed by atoms with van der Waals surface area (Å²) in [6.45, 7) is -1.36. The van der Waals surface area contributed by atoms with E-state index < -0.39 is 18.6 Å². The second-order valence-corrected chi connectivity index (χ2v) is 3.53. The highest BCUT2D eigenvalue weighted by Gasteiger charge is 2.27. The first-order valence-corrected chi connectivity index (χ1v) is 5.19. The first-order valence-electron chi connectivity index (χ1n) is 5.19. The third kappa shape index (κ3) is 5.42. The molecule has 7 heteroatoms. The van der Waals surface area contributed by atoms with E-state index in [2.05, 4.69) is 0 Å². The Bertz CT molecular complexity index is 408. The molecule has 0 heterocycles. The lowest BCUT2D eigenvalue weighted by atomic mass is 10.3. The molecule has 0 saturated carbocycles. The van der Waals surface area contributed by atoms with Crippen LogP contribution in [0.1, 0.15) is 6.42 Å². The van der Waals surface area contributed by atoms with Crippen molar-refractivity contribution in [2.45, 2.75) is 12.6 Å². The maximum atomic E-state index is 11.8. The van der Waals surface area contributed by atoms with E-state index in [4.69, 9.17) is 10.5 Å². The van der Waals surface area contributed by atoms with Gasteiger partial charge in [-0.25, -0.2) is 0 Å². The number of anilines is 1. The zero-order valence-electron chi connectivity index (χ0n) is 9.46. The van der Waals surface area contributed by atoms with E-state index in [1.807, 2.05) is 0 Å². The monoisotopic (exact) mass is 262 g/mol. The molecule has 0 aliphatic carbocycles. The van der Waals surface area contributed by atoms with Crippen molar-refractivity contribution in [2.24, 2.45) is 0 Å². The molecule has 0 atom stereocenters. The van der Waals surface area contributed by atoms with Gasteiger partial charge in [0.2, 0.25) is 5.91 Å². The summed E-state index contributed by atoms with van der Waals surface area (Å²) < 4.78 is 40.6. The normalized spacial score (nSPS) is 11.1. The maximum Gasteiger partial charge on any atom is 0.405 e. The predicted octanol–water partition coefficient (Wildman–Crippen LogP) is 1.72. The number of carbonyl (C=O) groups excluding carboxylic acids is 1. The number of para-hydroxylation sites is 2. The van der Waals surface area contributed by atoms with Crippen LogP contribution in [0, 0.1) is 0 Å². The minimum Gasteiger partial charge on any atom is -0.491 e. The van der Waals surface area contributed by atoms with E-state index in [1.54, 1.807) is 29.6 Å². The summed E-state index contributed by atoms with van der Waals surface area (Å²) in [5.74, 6) is -0.317. The van der Waals surface area contributed by atoms with E-state index in [9.17, 15) is 18.0 Å². The molecule has 1 aromatic carbocycles. The summed E-state index contributed by atoms with van der Waals surface area (Å²) in [7, 11) is 0. The molecular formula is C11H13F3N2O2. The minimum atomic E-state index is -4.40. The smallest absolute Gasteiger partial charge is 0.405 e. The van der Waals surface area contributed by atoms with E-state index in [0.29, 0.717) is 11.4 Å². The fraction of sp³-hybridized carbons (Fsp3) is 0.364. The number of ether oxygens (including phenoxy) is 1. The van der Waals surface area contributed by atoms with E-state index >= 15 is 0 Å². The number of nitrogens with one attached hydrogen (secondary N) is 1. The van der Waals surface area contributed by atoms with Gasteiger partial charge >= 0.3 is 6.18 Å². The van der Waals surface area contributed by atoms with Crippen molar-refractivity contribution in [3.8, 4) is 5.75 Å². The molecule has 1 rings (SSSR count). The fourth-order valence-corrected chi connectivity index (χ4v) is 1.15. The van der Waals surface area contributed by atoms with Gasteiger partial charge in [-0.05, 0) is 12.1 Å². The summed E-state index contributed by atoms with van der Waals surface area (Å²) in [6.07, 6.45) is -4.56. The highest BCUT2D eigenvalue weighted by Crippen LogP contribution is 2.19. The van der Waals surface area contributed by atoms with Gasteiger partial charge in [-0.2, -0.15) is 13.2 Å². The van der Waals surface area contributed by atoms with Gasteiger partial charge in [-0.15, -0.1) is 0 Å². The van der Waals surface area contributed by atoms with Crippen LogP contribution in [0.25, 0.3) is 0 Å². The summed E-state index contributed by atoms with van der Waals surface area (Å²) in [4.78, 5) is 11.0. The van der Waals surface area contributed by atoms with Crippen molar-refractivity contribution >= 4 is 11.6 Å². The molecule has 3 N–H and O–H groups in total. The second kappa shape index (κ2) is 6.13. The lowest BCUT2D eigenvalue weighted by Gasteiger charge is -2.10. The van der Waals surface area contributed by atoms with Gasteiger partial charge in [0.1, 0.15) is 12.3 Å². The number of nitrogens with two attached hydrogens (primary N) is 1. The van der Waals surface area contributed by atoms with Crippen molar-refractivity contribution < 1.29 is 22.7 Å². The van der Waals surface area contributed by atoms with Gasteiger partial charge < -0.3 is 15.8 Å². The molecule has 0 fully saturated rings. The lowest BCUT2D eigenvalue weighted by Crippen LogP contribution is -2.34. The van der Waals surface area contributed by atoms with Crippen molar-refractivity contribution in [3.05, 3.63) is 24.3 Å². The lowest BCUT2D eigenvalue weighted by molar-refractivity contribution is -0.138. The van der Waals surface area contributed by atoms with E-state index in [0.717, 1.165) is 0 Å². The number of benzene rings is 1. The van der Waals surface area contributed by atoms with Gasteiger partial charge in [0, 0.05) is 0 Å². The standard InChI is InChI=1S/C11H13F3N2O2/c12-11(13,14)7-16-10(17)5-6-18-9-4-2-1-3-8(9)15/h1-4H,5-7,15H2,(H,16,17). The number of nitrogen functional groups attached to an aromatic ring is 1. The van der Waals surface area contributed by atoms with Crippen LogP contribution in [0.4, 0.5) is 18.9 Å². The molecule has 0 unspecified atom stereocenters. The van der Waals surface area contributed by atoms with Crippen molar-refractivity contribution in [2.75, 3.05) is 18.9 Å². The van der Waals surface area contributed by atoms with E-state index in [1.165, 1.54) is 0 Å². The Morgan fingerprint density at radius 3 is 2.61 bits per heavy atom. The van der Waals surface area contributed by atoms with Crippen LogP contribution in [-0.4, -0.2) is 25.2 Å². The zero-order chi connectivity index (χ0) is 13.6. The van der Waals surface area contributed by atoms with Crippen LogP contribution in [0.5, 0.6) is 5.75 Å². The van der Waals surface area contributed by atoms with Gasteiger partial charge in [0.05, 0.1) is 18.7 Å². The molecule has 0 spiro atoms. The van der Waals surface area contributed by atoms with Crippen LogP contribution in [0.2, 0.25) is 0 Å². The average Bonchev–Trinajstić information content (AvgIpc) is 2.28. The topological polar surface area (TPSA) is 64.3 Å². The molecule has 0 bridgehead atoms. The summed E-state index contributed by atoms with van der Waals surface area (Å²) in [6, 6.07) is 6.66. The Kier molecular flexibility index (Phi) is 4.82. The molecule has 1 aromatic rings. The SMILES string of the molecule is Nc1ccccc1OCCC(=O)NCC(F)(F)F. The second-order valence-electron chi connectivity index (χ2n) is 3.53. The first-order chi connectivity index (χ1) is 8.38. The summed E-state index contributed by atoms with van der Waals surface area (Å²) in [5, 5.41) is 1.75. The number of halogens is 3. The Morgan fingerprint density at radius 2 is 2.00 bits per heavy atom. The average molecular weight is 262 g/mol. The molecule has 0 aliphatic rings.